The molecule has 1 aliphatic rings. The summed E-state index contributed by atoms with van der Waals surface area (Å²) in [5.41, 5.74) is 2.28. The molecule has 2 rings (SSSR count). The molecule has 19 heavy (non-hydrogen) atoms. The van der Waals surface area contributed by atoms with E-state index < -0.39 is 11.9 Å². The molecule has 5 nitrogen and oxygen atoms in total. The third-order valence-electron chi connectivity index (χ3n) is 3.72. The number of carbonyl (C=O) groups is 2. The van der Waals surface area contributed by atoms with Crippen molar-refractivity contribution in [2.45, 2.75) is 32.9 Å². The molecule has 6 heteroatoms. The van der Waals surface area contributed by atoms with E-state index in [1.54, 1.807) is 23.2 Å². The Morgan fingerprint density at radius 2 is 2.26 bits per heavy atom. The molecule has 104 valence electrons. The lowest BCUT2D eigenvalue weighted by molar-refractivity contribution is -0.142. The van der Waals surface area contributed by atoms with E-state index in [1.807, 2.05) is 17.7 Å². The number of thiophene rings is 1. The van der Waals surface area contributed by atoms with Gasteiger partial charge in [0.05, 0.1) is 5.92 Å². The maximum absolute atomic E-state index is 12.1. The molecule has 1 fully saturated rings. The zero-order valence-corrected chi connectivity index (χ0v) is 11.9. The molecular weight excluding hydrogens is 264 g/mol. The minimum atomic E-state index is -0.823. The van der Waals surface area contributed by atoms with Crippen molar-refractivity contribution in [2.24, 2.45) is 5.92 Å². The summed E-state index contributed by atoms with van der Waals surface area (Å²) < 4.78 is 0. The smallest absolute Gasteiger partial charge is 0.317 e. The number of hydrogen-bond donors (Lipinski definition) is 2. The number of hydrogen-bond acceptors (Lipinski definition) is 3. The van der Waals surface area contributed by atoms with Gasteiger partial charge in [0, 0.05) is 19.1 Å². The maximum atomic E-state index is 12.1. The van der Waals surface area contributed by atoms with E-state index in [1.165, 1.54) is 5.56 Å². The Bertz CT molecular complexity index is 486. The lowest BCUT2D eigenvalue weighted by Gasteiger charge is -2.23. The number of aryl methyl sites for hydroxylation is 1. The molecule has 0 radical (unpaired) electrons. The van der Waals surface area contributed by atoms with Gasteiger partial charge in [0.25, 0.3) is 0 Å². The summed E-state index contributed by atoms with van der Waals surface area (Å²) in [5, 5.41) is 16.0. The SMILES string of the molecule is Cc1cscc1CNC(=O)N1CCC(C(=O)O)C1C. The quantitative estimate of drug-likeness (QED) is 0.891. The van der Waals surface area contributed by atoms with Crippen LogP contribution in [0.5, 0.6) is 0 Å². The minimum absolute atomic E-state index is 0.179. The van der Waals surface area contributed by atoms with Crippen molar-refractivity contribution in [1.29, 1.82) is 0 Å². The van der Waals surface area contributed by atoms with Gasteiger partial charge < -0.3 is 15.3 Å². The third-order valence-corrected chi connectivity index (χ3v) is 4.63. The fourth-order valence-corrected chi connectivity index (χ4v) is 3.25. The zero-order valence-electron chi connectivity index (χ0n) is 11.0. The van der Waals surface area contributed by atoms with Crippen LogP contribution in [0.25, 0.3) is 0 Å². The van der Waals surface area contributed by atoms with Crippen LogP contribution in [0.2, 0.25) is 0 Å². The van der Waals surface area contributed by atoms with Crippen LogP contribution >= 0.6 is 11.3 Å². The van der Waals surface area contributed by atoms with Gasteiger partial charge in [0.2, 0.25) is 0 Å². The molecule has 2 unspecified atom stereocenters. The number of carboxylic acids is 1. The molecule has 0 spiro atoms. The average molecular weight is 282 g/mol. The Morgan fingerprint density at radius 1 is 1.53 bits per heavy atom. The summed E-state index contributed by atoms with van der Waals surface area (Å²) in [6.45, 7) is 4.81. The fourth-order valence-electron chi connectivity index (χ4n) is 2.40. The van der Waals surface area contributed by atoms with Crippen molar-refractivity contribution in [2.75, 3.05) is 6.54 Å². The average Bonchev–Trinajstić information content (AvgIpc) is 2.92. The number of carbonyl (C=O) groups excluding carboxylic acids is 1. The van der Waals surface area contributed by atoms with Gasteiger partial charge >= 0.3 is 12.0 Å². The Hall–Kier alpha value is -1.56. The van der Waals surface area contributed by atoms with Gasteiger partial charge in [0.15, 0.2) is 0 Å². The van der Waals surface area contributed by atoms with Crippen molar-refractivity contribution < 1.29 is 14.7 Å². The Labute approximate surface area is 116 Å². The topological polar surface area (TPSA) is 69.6 Å². The second-order valence-corrected chi connectivity index (χ2v) is 5.65. The second kappa shape index (κ2) is 5.61. The molecule has 2 heterocycles. The van der Waals surface area contributed by atoms with Crippen LogP contribution in [-0.4, -0.2) is 34.6 Å². The van der Waals surface area contributed by atoms with Crippen LogP contribution in [0.15, 0.2) is 10.8 Å². The van der Waals surface area contributed by atoms with E-state index in [4.69, 9.17) is 5.11 Å². The predicted octanol–water partition coefficient (Wildman–Crippen LogP) is 2.06. The van der Waals surface area contributed by atoms with Crippen LogP contribution in [0.4, 0.5) is 4.79 Å². The highest BCUT2D eigenvalue weighted by Crippen LogP contribution is 2.24. The number of aliphatic carboxylic acids is 1. The molecule has 1 aromatic heterocycles. The van der Waals surface area contributed by atoms with E-state index in [2.05, 4.69) is 5.32 Å². The largest absolute Gasteiger partial charge is 0.481 e. The van der Waals surface area contributed by atoms with Crippen LogP contribution in [0.3, 0.4) is 0 Å². The molecule has 2 N–H and O–H groups in total. The molecule has 1 aliphatic heterocycles. The zero-order chi connectivity index (χ0) is 14.0. The molecule has 0 saturated carbocycles. The molecule has 0 aliphatic carbocycles. The van der Waals surface area contributed by atoms with Crippen molar-refractivity contribution in [1.82, 2.24) is 10.2 Å². The summed E-state index contributed by atoms with van der Waals surface area (Å²) >= 11 is 1.61. The van der Waals surface area contributed by atoms with Crippen molar-refractivity contribution >= 4 is 23.3 Å². The van der Waals surface area contributed by atoms with E-state index in [0.29, 0.717) is 19.5 Å². The Balaban J connectivity index is 1.91. The first-order chi connectivity index (χ1) is 9.00. The van der Waals surface area contributed by atoms with Gasteiger partial charge in [-0.05, 0) is 42.2 Å². The lowest BCUT2D eigenvalue weighted by atomic mass is 10.0. The molecule has 2 amide bonds. The normalized spacial score (nSPS) is 22.5. The van der Waals surface area contributed by atoms with E-state index in [9.17, 15) is 9.59 Å². The molecule has 1 saturated heterocycles. The molecule has 1 aromatic rings. The summed E-state index contributed by atoms with van der Waals surface area (Å²) in [6.07, 6.45) is 0.529. The van der Waals surface area contributed by atoms with Crippen LogP contribution in [0.1, 0.15) is 24.5 Å². The van der Waals surface area contributed by atoms with Gasteiger partial charge in [-0.25, -0.2) is 4.79 Å². The first kappa shape index (κ1) is 13.9. The monoisotopic (exact) mass is 282 g/mol. The van der Waals surface area contributed by atoms with E-state index >= 15 is 0 Å². The second-order valence-electron chi connectivity index (χ2n) is 4.91. The summed E-state index contributed by atoms with van der Waals surface area (Å²) in [6, 6.07) is -0.428. The first-order valence-electron chi connectivity index (χ1n) is 6.29. The predicted molar refractivity (Wildman–Crippen MR) is 73.2 cm³/mol. The Kier molecular flexibility index (Phi) is 4.09. The van der Waals surface area contributed by atoms with Crippen LogP contribution in [0, 0.1) is 12.8 Å². The van der Waals surface area contributed by atoms with Gasteiger partial charge in [-0.2, -0.15) is 11.3 Å². The number of likely N-dealkylation sites (tertiary alicyclic amines) is 1. The third kappa shape index (κ3) is 2.89. The molecule has 0 aromatic carbocycles. The van der Waals surface area contributed by atoms with E-state index in [0.717, 1.165) is 5.56 Å². The standard InChI is InChI=1S/C13H18N2O3S/c1-8-6-19-7-10(8)5-14-13(18)15-4-3-11(9(15)2)12(16)17/h6-7,9,11H,3-5H2,1-2H3,(H,14,18)(H,16,17). The van der Waals surface area contributed by atoms with Gasteiger partial charge in [-0.3, -0.25) is 4.79 Å². The first-order valence-corrected chi connectivity index (χ1v) is 7.24. The summed E-state index contributed by atoms with van der Waals surface area (Å²) in [5.74, 6) is -1.27. The number of rotatable bonds is 3. The summed E-state index contributed by atoms with van der Waals surface area (Å²) in [4.78, 5) is 24.7. The molecule has 0 bridgehead atoms. The van der Waals surface area contributed by atoms with Gasteiger partial charge in [-0.15, -0.1) is 0 Å². The number of nitrogens with one attached hydrogen (secondary N) is 1. The molecule has 2 atom stereocenters. The Morgan fingerprint density at radius 3 is 2.79 bits per heavy atom. The highest BCUT2D eigenvalue weighted by Gasteiger charge is 2.37. The fraction of sp³-hybridized carbons (Fsp3) is 0.538. The van der Waals surface area contributed by atoms with Crippen molar-refractivity contribution in [3.63, 3.8) is 0 Å². The number of nitrogens with zero attached hydrogens (tertiary/aromatic N) is 1. The molecular formula is C13H18N2O3S. The number of amides is 2. The summed E-state index contributed by atoms with van der Waals surface area (Å²) in [7, 11) is 0. The van der Waals surface area contributed by atoms with Gasteiger partial charge in [0.1, 0.15) is 0 Å². The number of urea groups is 1. The highest BCUT2D eigenvalue weighted by molar-refractivity contribution is 7.08. The van der Waals surface area contributed by atoms with E-state index in [-0.39, 0.29) is 12.1 Å². The lowest BCUT2D eigenvalue weighted by Crippen LogP contribution is -2.43. The minimum Gasteiger partial charge on any atom is -0.481 e. The number of carboxylic acid groups (broad SMARTS) is 1. The van der Waals surface area contributed by atoms with Crippen molar-refractivity contribution in [3.05, 3.63) is 21.9 Å². The highest BCUT2D eigenvalue weighted by atomic mass is 32.1. The van der Waals surface area contributed by atoms with Gasteiger partial charge in [-0.1, -0.05) is 0 Å². The van der Waals surface area contributed by atoms with Crippen molar-refractivity contribution in [3.8, 4) is 0 Å². The van der Waals surface area contributed by atoms with Crippen LogP contribution in [-0.2, 0) is 11.3 Å². The van der Waals surface area contributed by atoms with Crippen LogP contribution < -0.4 is 5.32 Å². The maximum Gasteiger partial charge on any atom is 0.317 e.